The summed E-state index contributed by atoms with van der Waals surface area (Å²) in [6.07, 6.45) is 0. The minimum atomic E-state index is 1.10. The molecule has 10 aromatic rings. The van der Waals surface area contributed by atoms with Crippen LogP contribution < -0.4 is 9.80 Å². The average molecular weight is 669 g/mol. The van der Waals surface area contributed by atoms with Crippen LogP contribution in [0.25, 0.3) is 52.5 Å². The Hall–Kier alpha value is -6.42. The molecule has 0 aliphatic carbocycles. The Labute approximate surface area is 300 Å². The van der Waals surface area contributed by atoms with Gasteiger partial charge in [0.05, 0.1) is 11.4 Å². The van der Waals surface area contributed by atoms with Gasteiger partial charge in [-0.15, -0.1) is 11.3 Å². The number of hydrogen-bond acceptors (Lipinski definition) is 3. The summed E-state index contributed by atoms with van der Waals surface area (Å²) >= 11 is 1.88. The van der Waals surface area contributed by atoms with Crippen LogP contribution in [-0.2, 0) is 0 Å². The molecule has 0 saturated heterocycles. The van der Waals surface area contributed by atoms with Gasteiger partial charge < -0.3 is 9.80 Å². The quantitative estimate of drug-likeness (QED) is 0.174. The molecule has 1 heterocycles. The van der Waals surface area contributed by atoms with Crippen LogP contribution in [0.1, 0.15) is 0 Å². The van der Waals surface area contributed by atoms with Crippen molar-refractivity contribution in [2.24, 2.45) is 0 Å². The van der Waals surface area contributed by atoms with E-state index in [0.29, 0.717) is 0 Å². The molecular weight excluding hydrogens is 637 g/mol. The van der Waals surface area contributed by atoms with Crippen molar-refractivity contribution < 1.29 is 0 Å². The predicted octanol–water partition coefficient (Wildman–Crippen LogP) is 14.5. The summed E-state index contributed by atoms with van der Waals surface area (Å²) in [7, 11) is 0. The predicted molar refractivity (Wildman–Crippen MR) is 221 cm³/mol. The lowest BCUT2D eigenvalue weighted by Gasteiger charge is -2.33. The van der Waals surface area contributed by atoms with Crippen LogP contribution in [0, 0.1) is 0 Å². The van der Waals surface area contributed by atoms with E-state index in [0.717, 1.165) is 34.1 Å². The van der Waals surface area contributed by atoms with E-state index in [1.165, 1.54) is 52.5 Å². The molecule has 2 nitrogen and oxygen atoms in total. The van der Waals surface area contributed by atoms with Crippen molar-refractivity contribution in [2.45, 2.75) is 0 Å². The molecule has 0 saturated carbocycles. The standard InChI is InChI=1S/C48H32N2S/c1-3-18-38(19-4-1)49(40-26-23-33-13-7-9-16-36(33)29-40)45-31-44-43-28-25-35-15-11-12-22-42(35)48(43)51-47(44)32-46(45)50(39-20-5-2-6-21-39)41-27-24-34-14-8-10-17-37(34)30-41/h1-32H. The van der Waals surface area contributed by atoms with E-state index in [4.69, 9.17) is 0 Å². The van der Waals surface area contributed by atoms with Gasteiger partial charge in [-0.25, -0.2) is 0 Å². The first kappa shape index (κ1) is 29.5. The molecule has 9 aromatic carbocycles. The Morgan fingerprint density at radius 3 is 1.35 bits per heavy atom. The zero-order chi connectivity index (χ0) is 33.7. The Bertz CT molecular complexity index is 2880. The maximum atomic E-state index is 2.43. The summed E-state index contributed by atoms with van der Waals surface area (Å²) in [5.74, 6) is 0. The average Bonchev–Trinajstić information content (AvgIpc) is 3.57. The lowest BCUT2D eigenvalue weighted by molar-refractivity contribution is 1.24. The van der Waals surface area contributed by atoms with E-state index in [2.05, 4.69) is 204 Å². The maximum Gasteiger partial charge on any atom is 0.0716 e. The highest BCUT2D eigenvalue weighted by Gasteiger charge is 2.25. The lowest BCUT2D eigenvalue weighted by atomic mass is 10.0. The number of benzene rings is 9. The van der Waals surface area contributed by atoms with Gasteiger partial charge in [0.15, 0.2) is 0 Å². The molecule has 0 fully saturated rings. The first-order valence-corrected chi connectivity index (χ1v) is 18.2. The van der Waals surface area contributed by atoms with Crippen LogP contribution in [0.2, 0.25) is 0 Å². The third kappa shape index (κ3) is 5.10. The number of para-hydroxylation sites is 2. The number of thiophene rings is 1. The van der Waals surface area contributed by atoms with Gasteiger partial charge in [-0.1, -0.05) is 133 Å². The monoisotopic (exact) mass is 668 g/mol. The topological polar surface area (TPSA) is 6.48 Å². The van der Waals surface area contributed by atoms with Gasteiger partial charge in [-0.05, 0) is 93.0 Å². The van der Waals surface area contributed by atoms with Crippen LogP contribution >= 0.6 is 11.3 Å². The van der Waals surface area contributed by atoms with Crippen LogP contribution in [0.15, 0.2) is 194 Å². The number of nitrogens with zero attached hydrogens (tertiary/aromatic N) is 2. The molecule has 1 aromatic heterocycles. The molecule has 51 heavy (non-hydrogen) atoms. The third-order valence-electron chi connectivity index (χ3n) is 9.95. The Morgan fingerprint density at radius 1 is 0.294 bits per heavy atom. The minimum Gasteiger partial charge on any atom is -0.308 e. The molecule has 0 atom stereocenters. The number of fused-ring (bicyclic) bond motifs is 7. The lowest BCUT2D eigenvalue weighted by Crippen LogP contribution is -2.17. The summed E-state index contributed by atoms with van der Waals surface area (Å²) < 4.78 is 2.58. The molecular formula is C48H32N2S. The van der Waals surface area contributed by atoms with Gasteiger partial charge in [0.25, 0.3) is 0 Å². The SMILES string of the molecule is c1ccc(N(c2ccc3ccccc3c2)c2cc3sc4c5ccccc5ccc4c3cc2N(c2ccccc2)c2ccc3ccccc3c2)cc1. The molecule has 0 aliphatic rings. The van der Waals surface area contributed by atoms with E-state index in [-0.39, 0.29) is 0 Å². The van der Waals surface area contributed by atoms with Crippen molar-refractivity contribution in [3.8, 4) is 0 Å². The van der Waals surface area contributed by atoms with Crippen LogP contribution in [0.5, 0.6) is 0 Å². The molecule has 10 rings (SSSR count). The zero-order valence-corrected chi connectivity index (χ0v) is 28.6. The van der Waals surface area contributed by atoms with Gasteiger partial charge in [0.2, 0.25) is 0 Å². The molecule has 240 valence electrons. The smallest absolute Gasteiger partial charge is 0.0716 e. The molecule has 3 heteroatoms. The van der Waals surface area contributed by atoms with E-state index in [1.54, 1.807) is 0 Å². The van der Waals surface area contributed by atoms with Crippen molar-refractivity contribution in [1.82, 2.24) is 0 Å². The molecule has 0 bridgehead atoms. The fourth-order valence-electron chi connectivity index (χ4n) is 7.53. The fourth-order valence-corrected chi connectivity index (χ4v) is 8.78. The molecule has 0 amide bonds. The summed E-state index contributed by atoms with van der Waals surface area (Å²) in [6.45, 7) is 0. The summed E-state index contributed by atoms with van der Waals surface area (Å²) in [6, 6.07) is 70.6. The summed E-state index contributed by atoms with van der Waals surface area (Å²) in [5, 5.41) is 9.97. The molecule has 0 spiro atoms. The van der Waals surface area contributed by atoms with Crippen molar-refractivity contribution in [2.75, 3.05) is 9.80 Å². The minimum absolute atomic E-state index is 1.10. The van der Waals surface area contributed by atoms with Crippen LogP contribution in [0.3, 0.4) is 0 Å². The largest absolute Gasteiger partial charge is 0.308 e. The second-order valence-electron chi connectivity index (χ2n) is 13.0. The highest BCUT2D eigenvalue weighted by Crippen LogP contribution is 2.50. The molecule has 0 N–H and O–H groups in total. The first-order chi connectivity index (χ1) is 25.3. The number of rotatable bonds is 6. The Kier molecular flexibility index (Phi) is 7.04. The zero-order valence-electron chi connectivity index (χ0n) is 27.8. The van der Waals surface area contributed by atoms with E-state index < -0.39 is 0 Å². The van der Waals surface area contributed by atoms with Gasteiger partial charge >= 0.3 is 0 Å². The fraction of sp³-hybridized carbons (Fsp3) is 0. The summed E-state index contributed by atoms with van der Waals surface area (Å²) in [5.41, 5.74) is 6.64. The van der Waals surface area contributed by atoms with Gasteiger partial charge in [0.1, 0.15) is 0 Å². The van der Waals surface area contributed by atoms with Crippen LogP contribution in [0.4, 0.5) is 34.1 Å². The number of anilines is 6. The van der Waals surface area contributed by atoms with Gasteiger partial charge in [-0.3, -0.25) is 0 Å². The second kappa shape index (κ2) is 12.2. The van der Waals surface area contributed by atoms with Crippen LogP contribution in [-0.4, -0.2) is 0 Å². The van der Waals surface area contributed by atoms with E-state index in [9.17, 15) is 0 Å². The highest BCUT2D eigenvalue weighted by atomic mass is 32.1. The molecule has 0 aliphatic heterocycles. The van der Waals surface area contributed by atoms with Crippen molar-refractivity contribution in [3.05, 3.63) is 194 Å². The van der Waals surface area contributed by atoms with Crippen molar-refractivity contribution in [1.29, 1.82) is 0 Å². The first-order valence-electron chi connectivity index (χ1n) is 17.3. The van der Waals surface area contributed by atoms with E-state index >= 15 is 0 Å². The number of hydrogen-bond donors (Lipinski definition) is 0. The second-order valence-corrected chi connectivity index (χ2v) is 14.1. The molecule has 0 radical (unpaired) electrons. The normalized spacial score (nSPS) is 11.5. The summed E-state index contributed by atoms with van der Waals surface area (Å²) in [4.78, 5) is 4.86. The molecule has 0 unspecified atom stereocenters. The third-order valence-corrected chi connectivity index (χ3v) is 11.2. The maximum absolute atomic E-state index is 2.43. The highest BCUT2D eigenvalue weighted by molar-refractivity contribution is 7.26. The van der Waals surface area contributed by atoms with Gasteiger partial charge in [-0.2, -0.15) is 0 Å². The van der Waals surface area contributed by atoms with E-state index in [1.807, 2.05) is 11.3 Å². The van der Waals surface area contributed by atoms with Crippen molar-refractivity contribution in [3.63, 3.8) is 0 Å². The Balaban J connectivity index is 1.32. The Morgan fingerprint density at radius 2 is 0.765 bits per heavy atom. The van der Waals surface area contributed by atoms with Gasteiger partial charge in [0, 0.05) is 42.9 Å². The van der Waals surface area contributed by atoms with Crippen molar-refractivity contribution >= 4 is 98.0 Å².